The highest BCUT2D eigenvalue weighted by Crippen LogP contribution is 2.10. The third kappa shape index (κ3) is 6.35. The van der Waals surface area contributed by atoms with Crippen LogP contribution in [-0.2, 0) is 4.79 Å². The van der Waals surface area contributed by atoms with Gasteiger partial charge in [-0.25, -0.2) is 0 Å². The summed E-state index contributed by atoms with van der Waals surface area (Å²) in [5.74, 6) is 0.272. The molecule has 1 aliphatic rings. The van der Waals surface area contributed by atoms with Crippen LogP contribution in [0.4, 0.5) is 0 Å². The minimum Gasteiger partial charge on any atom is -0.337 e. The SMILES string of the molecule is CCCCN(CC(=O)N(C(C)C)C(C)C)CC1CCCN1. The lowest BCUT2D eigenvalue weighted by Gasteiger charge is -2.34. The molecule has 1 amide bonds. The van der Waals surface area contributed by atoms with Gasteiger partial charge in [0, 0.05) is 24.7 Å². The molecule has 0 radical (unpaired) electrons. The van der Waals surface area contributed by atoms with Gasteiger partial charge in [0.1, 0.15) is 0 Å². The van der Waals surface area contributed by atoms with Crippen LogP contribution in [0.25, 0.3) is 0 Å². The van der Waals surface area contributed by atoms with Gasteiger partial charge in [0.2, 0.25) is 5.91 Å². The first-order chi connectivity index (χ1) is 9.95. The molecule has 0 aromatic carbocycles. The molecule has 0 aromatic rings. The lowest BCUT2D eigenvalue weighted by atomic mass is 10.2. The van der Waals surface area contributed by atoms with Gasteiger partial charge in [0.25, 0.3) is 0 Å². The van der Waals surface area contributed by atoms with E-state index < -0.39 is 0 Å². The minimum atomic E-state index is 0.272. The zero-order chi connectivity index (χ0) is 15.8. The molecule has 0 bridgehead atoms. The van der Waals surface area contributed by atoms with Gasteiger partial charge in [0.05, 0.1) is 6.54 Å². The molecule has 1 rings (SSSR count). The predicted molar refractivity (Wildman–Crippen MR) is 89.5 cm³/mol. The highest BCUT2D eigenvalue weighted by Gasteiger charge is 2.24. The Kier molecular flexibility index (Phi) is 8.27. The molecule has 0 aliphatic carbocycles. The summed E-state index contributed by atoms with van der Waals surface area (Å²) in [6.45, 7) is 14.4. The number of nitrogens with zero attached hydrogens (tertiary/aromatic N) is 2. The van der Waals surface area contributed by atoms with Crippen molar-refractivity contribution in [1.82, 2.24) is 15.1 Å². The fourth-order valence-electron chi connectivity index (χ4n) is 3.29. The Hall–Kier alpha value is -0.610. The van der Waals surface area contributed by atoms with Crippen LogP contribution in [0.5, 0.6) is 0 Å². The summed E-state index contributed by atoms with van der Waals surface area (Å²) in [7, 11) is 0. The Bertz CT molecular complexity index is 290. The Balaban J connectivity index is 2.58. The average molecular weight is 297 g/mol. The fraction of sp³-hybridized carbons (Fsp3) is 0.941. The molecule has 4 nitrogen and oxygen atoms in total. The molecule has 1 N–H and O–H groups in total. The highest BCUT2D eigenvalue weighted by atomic mass is 16.2. The molecule has 1 aliphatic heterocycles. The van der Waals surface area contributed by atoms with E-state index in [1.165, 1.54) is 25.7 Å². The van der Waals surface area contributed by atoms with Crippen LogP contribution in [-0.4, -0.2) is 60.0 Å². The van der Waals surface area contributed by atoms with Crippen molar-refractivity contribution < 1.29 is 4.79 Å². The van der Waals surface area contributed by atoms with Crippen LogP contribution in [0.2, 0.25) is 0 Å². The number of nitrogens with one attached hydrogen (secondary N) is 1. The summed E-state index contributed by atoms with van der Waals surface area (Å²) in [6.07, 6.45) is 4.86. The summed E-state index contributed by atoms with van der Waals surface area (Å²) in [5, 5.41) is 3.54. The van der Waals surface area contributed by atoms with Gasteiger partial charge in [-0.1, -0.05) is 13.3 Å². The molecular weight excluding hydrogens is 262 g/mol. The molecule has 4 heteroatoms. The van der Waals surface area contributed by atoms with Crippen molar-refractivity contribution >= 4 is 5.91 Å². The second-order valence-electron chi connectivity index (χ2n) is 6.87. The van der Waals surface area contributed by atoms with Crippen molar-refractivity contribution in [2.24, 2.45) is 0 Å². The van der Waals surface area contributed by atoms with Crippen LogP contribution in [0.3, 0.4) is 0 Å². The van der Waals surface area contributed by atoms with Crippen LogP contribution < -0.4 is 5.32 Å². The minimum absolute atomic E-state index is 0.272. The number of unbranched alkanes of at least 4 members (excludes halogenated alkanes) is 1. The van der Waals surface area contributed by atoms with Gasteiger partial charge >= 0.3 is 0 Å². The van der Waals surface area contributed by atoms with Crippen molar-refractivity contribution in [1.29, 1.82) is 0 Å². The third-order valence-electron chi connectivity index (χ3n) is 4.23. The number of rotatable bonds is 9. The van der Waals surface area contributed by atoms with Gasteiger partial charge in [-0.2, -0.15) is 0 Å². The largest absolute Gasteiger partial charge is 0.337 e. The van der Waals surface area contributed by atoms with E-state index in [0.29, 0.717) is 12.6 Å². The van der Waals surface area contributed by atoms with Crippen molar-refractivity contribution in [2.75, 3.05) is 26.2 Å². The van der Waals surface area contributed by atoms with E-state index in [2.05, 4.69) is 44.8 Å². The van der Waals surface area contributed by atoms with E-state index >= 15 is 0 Å². The summed E-state index contributed by atoms with van der Waals surface area (Å²) >= 11 is 0. The maximum absolute atomic E-state index is 12.6. The quantitative estimate of drug-likeness (QED) is 0.710. The summed E-state index contributed by atoms with van der Waals surface area (Å²) in [4.78, 5) is 17.0. The zero-order valence-corrected chi connectivity index (χ0v) is 14.7. The first-order valence-electron chi connectivity index (χ1n) is 8.72. The number of hydrogen-bond donors (Lipinski definition) is 1. The predicted octanol–water partition coefficient (Wildman–Crippen LogP) is 2.49. The second kappa shape index (κ2) is 9.42. The Labute approximate surface area is 131 Å². The molecule has 124 valence electrons. The Morgan fingerprint density at radius 1 is 1.24 bits per heavy atom. The molecule has 0 saturated carbocycles. The maximum atomic E-state index is 12.6. The average Bonchev–Trinajstić information content (AvgIpc) is 2.87. The molecule has 21 heavy (non-hydrogen) atoms. The molecular formula is C17H35N3O. The maximum Gasteiger partial charge on any atom is 0.237 e. The van der Waals surface area contributed by atoms with Crippen LogP contribution in [0.15, 0.2) is 0 Å². The van der Waals surface area contributed by atoms with Crippen molar-refractivity contribution in [2.45, 2.75) is 78.4 Å². The van der Waals surface area contributed by atoms with E-state index in [9.17, 15) is 4.79 Å². The van der Waals surface area contributed by atoms with E-state index in [0.717, 1.165) is 19.6 Å². The molecule has 1 unspecified atom stereocenters. The van der Waals surface area contributed by atoms with Gasteiger partial charge in [0.15, 0.2) is 0 Å². The monoisotopic (exact) mass is 297 g/mol. The smallest absolute Gasteiger partial charge is 0.237 e. The first kappa shape index (κ1) is 18.4. The van der Waals surface area contributed by atoms with Gasteiger partial charge in [-0.15, -0.1) is 0 Å². The molecule has 1 atom stereocenters. The van der Waals surface area contributed by atoms with Crippen LogP contribution >= 0.6 is 0 Å². The van der Waals surface area contributed by atoms with Crippen LogP contribution in [0, 0.1) is 0 Å². The van der Waals surface area contributed by atoms with Gasteiger partial charge in [-0.3, -0.25) is 9.69 Å². The molecule has 0 aromatic heterocycles. The van der Waals surface area contributed by atoms with Crippen molar-refractivity contribution in [3.63, 3.8) is 0 Å². The Morgan fingerprint density at radius 3 is 2.38 bits per heavy atom. The highest BCUT2D eigenvalue weighted by molar-refractivity contribution is 5.78. The lowest BCUT2D eigenvalue weighted by Crippen LogP contribution is -2.49. The molecule has 1 heterocycles. The topological polar surface area (TPSA) is 35.6 Å². The summed E-state index contributed by atoms with van der Waals surface area (Å²) in [6, 6.07) is 1.12. The third-order valence-corrected chi connectivity index (χ3v) is 4.23. The number of carbonyl (C=O) groups excluding carboxylic acids is 1. The fourth-order valence-corrected chi connectivity index (χ4v) is 3.29. The molecule has 1 saturated heterocycles. The van der Waals surface area contributed by atoms with E-state index in [1.807, 2.05) is 4.90 Å². The van der Waals surface area contributed by atoms with E-state index in [-0.39, 0.29) is 18.0 Å². The lowest BCUT2D eigenvalue weighted by molar-refractivity contribution is -0.136. The summed E-state index contributed by atoms with van der Waals surface area (Å²) < 4.78 is 0. The van der Waals surface area contributed by atoms with Crippen LogP contribution in [0.1, 0.15) is 60.3 Å². The molecule has 0 spiro atoms. The second-order valence-corrected chi connectivity index (χ2v) is 6.87. The van der Waals surface area contributed by atoms with E-state index in [1.54, 1.807) is 0 Å². The van der Waals surface area contributed by atoms with Gasteiger partial charge in [-0.05, 0) is 60.0 Å². The standard InChI is InChI=1S/C17H35N3O/c1-6-7-11-19(12-16-9-8-10-18-16)13-17(21)20(14(2)3)15(4)5/h14-16,18H,6-13H2,1-5H3. The first-order valence-corrected chi connectivity index (χ1v) is 8.72. The molecule has 1 fully saturated rings. The Morgan fingerprint density at radius 2 is 1.90 bits per heavy atom. The zero-order valence-electron chi connectivity index (χ0n) is 14.7. The van der Waals surface area contributed by atoms with Gasteiger partial charge < -0.3 is 10.2 Å². The van der Waals surface area contributed by atoms with Crippen molar-refractivity contribution in [3.05, 3.63) is 0 Å². The number of carbonyl (C=O) groups is 1. The number of amides is 1. The van der Waals surface area contributed by atoms with E-state index in [4.69, 9.17) is 0 Å². The number of hydrogen-bond acceptors (Lipinski definition) is 3. The normalized spacial score (nSPS) is 19.0. The summed E-state index contributed by atoms with van der Waals surface area (Å²) in [5.41, 5.74) is 0. The van der Waals surface area contributed by atoms with Crippen molar-refractivity contribution in [3.8, 4) is 0 Å².